The molecule has 87 heavy (non-hydrogen) atoms. The Bertz CT molecular complexity index is 1700. The van der Waals surface area contributed by atoms with Crippen LogP contribution in [-0.2, 0) is 65.4 Å². The molecule has 0 aromatic heterocycles. The fraction of sp³-hybridized carbons (Fsp3) is 0.941. The van der Waals surface area contributed by atoms with Crippen LogP contribution in [0.1, 0.15) is 343 Å². The van der Waals surface area contributed by atoms with Gasteiger partial charge in [0.1, 0.15) is 19.3 Å². The van der Waals surface area contributed by atoms with Crippen LogP contribution in [0.4, 0.5) is 0 Å². The third-order valence-corrected chi connectivity index (χ3v) is 17.6. The molecular weight excluding hydrogens is 1150 g/mol. The molecule has 0 aliphatic rings. The predicted octanol–water partition coefficient (Wildman–Crippen LogP) is 19.2. The van der Waals surface area contributed by atoms with E-state index in [1.807, 2.05) is 0 Å². The molecule has 516 valence electrons. The number of aliphatic hydroxyl groups excluding tert-OH is 1. The van der Waals surface area contributed by atoms with Gasteiger partial charge in [-0.3, -0.25) is 37.3 Å². The van der Waals surface area contributed by atoms with E-state index < -0.39 is 97.5 Å². The van der Waals surface area contributed by atoms with Gasteiger partial charge >= 0.3 is 39.5 Å². The molecule has 0 aromatic carbocycles. The van der Waals surface area contributed by atoms with Crippen LogP contribution < -0.4 is 0 Å². The second-order valence-electron chi connectivity index (χ2n) is 25.5. The maximum Gasteiger partial charge on any atom is 0.472 e. The van der Waals surface area contributed by atoms with Crippen LogP contribution in [0.15, 0.2) is 0 Å². The van der Waals surface area contributed by atoms with Crippen molar-refractivity contribution in [2.24, 2.45) is 11.8 Å². The number of rotatable bonds is 67. The molecule has 0 rings (SSSR count). The third kappa shape index (κ3) is 62.6. The maximum absolute atomic E-state index is 13.0. The third-order valence-electron chi connectivity index (χ3n) is 15.7. The van der Waals surface area contributed by atoms with Gasteiger partial charge in [0, 0.05) is 25.7 Å². The fourth-order valence-corrected chi connectivity index (χ4v) is 11.8. The molecule has 17 nitrogen and oxygen atoms in total. The number of esters is 4. The zero-order valence-corrected chi connectivity index (χ0v) is 58.1. The summed E-state index contributed by atoms with van der Waals surface area (Å²) in [6.07, 6.45) is 44.3. The summed E-state index contributed by atoms with van der Waals surface area (Å²) in [6.45, 7) is 9.48. The lowest BCUT2D eigenvalue weighted by atomic mass is 10.0. The molecule has 0 aliphatic carbocycles. The highest BCUT2D eigenvalue weighted by molar-refractivity contribution is 7.47. The highest BCUT2D eigenvalue weighted by Crippen LogP contribution is 2.45. The molecule has 2 unspecified atom stereocenters. The summed E-state index contributed by atoms with van der Waals surface area (Å²) in [6, 6.07) is 0. The molecule has 0 radical (unpaired) electrons. The molecule has 5 atom stereocenters. The quantitative estimate of drug-likeness (QED) is 0.0222. The fourth-order valence-electron chi connectivity index (χ4n) is 10.2. The summed E-state index contributed by atoms with van der Waals surface area (Å²) in [4.78, 5) is 72.4. The second kappa shape index (κ2) is 60.3. The van der Waals surface area contributed by atoms with Gasteiger partial charge < -0.3 is 33.8 Å². The van der Waals surface area contributed by atoms with Crippen LogP contribution in [0.5, 0.6) is 0 Å². The maximum atomic E-state index is 13.0. The number of phosphoric acid groups is 2. The average molecular weight is 1280 g/mol. The lowest BCUT2D eigenvalue weighted by Crippen LogP contribution is -2.30. The first kappa shape index (κ1) is 85.1. The molecule has 0 amide bonds. The standard InChI is InChI=1S/C68H132O17P2/c1-7-9-11-13-15-17-19-21-26-33-39-45-51-66(71)79-56-63(84-67(72)52-46-40-34-27-23-22-24-30-36-42-48-60(3)4)58-82-86(74,75)80-54-62(69)55-81-87(76,77)83-59-64(85-68(73)53-47-41-35-29-28-31-37-43-49-61(5)6)57-78-65(70)50-44-38-32-25-20-18-16-14-12-10-8-2/h60-64,69H,7-59H2,1-6H3,(H,74,75)(H,76,77)/t62-,63-,64-/m1/s1. The van der Waals surface area contributed by atoms with Crippen LogP contribution in [0.25, 0.3) is 0 Å². The number of hydrogen-bond donors (Lipinski definition) is 3. The number of aliphatic hydroxyl groups is 1. The zero-order chi connectivity index (χ0) is 64.3. The molecule has 0 saturated heterocycles. The van der Waals surface area contributed by atoms with Gasteiger partial charge in [0.2, 0.25) is 0 Å². The minimum absolute atomic E-state index is 0.105. The summed E-state index contributed by atoms with van der Waals surface area (Å²) in [5, 5.41) is 10.6. The molecule has 3 N–H and O–H groups in total. The normalized spacial score (nSPS) is 14.2. The Morgan fingerprint density at radius 1 is 0.310 bits per heavy atom. The smallest absolute Gasteiger partial charge is 0.462 e. The molecule has 0 heterocycles. The van der Waals surface area contributed by atoms with Crippen LogP contribution >= 0.6 is 15.6 Å². The van der Waals surface area contributed by atoms with E-state index in [0.29, 0.717) is 25.7 Å². The van der Waals surface area contributed by atoms with Gasteiger partial charge in [-0.25, -0.2) is 9.13 Å². The highest BCUT2D eigenvalue weighted by Gasteiger charge is 2.30. The average Bonchev–Trinajstić information content (AvgIpc) is 3.70. The molecule has 0 fully saturated rings. The Balaban J connectivity index is 5.25. The molecule has 0 aromatic rings. The number of ether oxygens (including phenoxy) is 4. The van der Waals surface area contributed by atoms with Crippen molar-refractivity contribution >= 4 is 39.5 Å². The molecule has 19 heteroatoms. The SMILES string of the molecule is CCCCCCCCCCCCCCC(=O)OC[C@H](COP(=O)(O)OC[C@@H](O)COP(=O)(O)OC[C@@H](COC(=O)CCCCCCCCCCCCC)OC(=O)CCCCCCCCCCC(C)C)OC(=O)CCCCCCCCCCCCC(C)C. The van der Waals surface area contributed by atoms with Gasteiger partial charge in [0.05, 0.1) is 26.4 Å². The summed E-state index contributed by atoms with van der Waals surface area (Å²) >= 11 is 0. The Hall–Kier alpha value is -1.94. The van der Waals surface area contributed by atoms with Crippen LogP contribution in [0.2, 0.25) is 0 Å². The van der Waals surface area contributed by atoms with Gasteiger partial charge in [0.25, 0.3) is 0 Å². The zero-order valence-electron chi connectivity index (χ0n) is 56.3. The molecule has 0 spiro atoms. The largest absolute Gasteiger partial charge is 0.472 e. The summed E-state index contributed by atoms with van der Waals surface area (Å²) in [5.74, 6) is -0.657. The van der Waals surface area contributed by atoms with E-state index in [-0.39, 0.29) is 25.7 Å². The van der Waals surface area contributed by atoms with E-state index in [4.69, 9.17) is 37.0 Å². The van der Waals surface area contributed by atoms with Crippen molar-refractivity contribution in [1.29, 1.82) is 0 Å². The van der Waals surface area contributed by atoms with E-state index in [0.717, 1.165) is 102 Å². The van der Waals surface area contributed by atoms with Crippen molar-refractivity contribution < 1.29 is 80.2 Å². The van der Waals surface area contributed by atoms with Crippen molar-refractivity contribution in [2.45, 2.75) is 362 Å². The summed E-state index contributed by atoms with van der Waals surface area (Å²) in [7, 11) is -9.89. The Morgan fingerprint density at radius 3 is 0.782 bits per heavy atom. The van der Waals surface area contributed by atoms with Crippen molar-refractivity contribution in [3.63, 3.8) is 0 Å². The van der Waals surface area contributed by atoms with Gasteiger partial charge in [-0.1, -0.05) is 292 Å². The second-order valence-corrected chi connectivity index (χ2v) is 28.4. The lowest BCUT2D eigenvalue weighted by Gasteiger charge is -2.21. The van der Waals surface area contributed by atoms with Crippen molar-refractivity contribution in [1.82, 2.24) is 0 Å². The summed E-state index contributed by atoms with van der Waals surface area (Å²) < 4.78 is 68.2. The van der Waals surface area contributed by atoms with E-state index in [2.05, 4.69) is 41.5 Å². The van der Waals surface area contributed by atoms with E-state index in [1.54, 1.807) is 0 Å². The van der Waals surface area contributed by atoms with Crippen molar-refractivity contribution in [2.75, 3.05) is 39.6 Å². The highest BCUT2D eigenvalue weighted by atomic mass is 31.2. The van der Waals surface area contributed by atoms with E-state index in [9.17, 15) is 43.2 Å². The number of phosphoric ester groups is 2. The minimum Gasteiger partial charge on any atom is -0.462 e. The first-order chi connectivity index (χ1) is 41.9. The topological polar surface area (TPSA) is 237 Å². The minimum atomic E-state index is -4.95. The van der Waals surface area contributed by atoms with E-state index in [1.165, 1.54) is 161 Å². The Morgan fingerprint density at radius 2 is 0.529 bits per heavy atom. The molecule has 0 saturated carbocycles. The molecule has 0 bridgehead atoms. The number of carbonyl (C=O) groups excluding carboxylic acids is 4. The Labute approximate surface area is 530 Å². The van der Waals surface area contributed by atoms with Gasteiger partial charge in [-0.05, 0) is 37.5 Å². The first-order valence-corrected chi connectivity index (χ1v) is 38.5. The van der Waals surface area contributed by atoms with Crippen molar-refractivity contribution in [3.8, 4) is 0 Å². The number of unbranched alkanes of at least 4 members (excludes halogenated alkanes) is 37. The van der Waals surface area contributed by atoms with Crippen LogP contribution in [0, 0.1) is 11.8 Å². The monoisotopic (exact) mass is 1280 g/mol. The van der Waals surface area contributed by atoms with Crippen molar-refractivity contribution in [3.05, 3.63) is 0 Å². The first-order valence-electron chi connectivity index (χ1n) is 35.5. The van der Waals surface area contributed by atoms with Gasteiger partial charge in [0.15, 0.2) is 12.2 Å². The Kier molecular flexibility index (Phi) is 59.0. The predicted molar refractivity (Wildman–Crippen MR) is 349 cm³/mol. The number of carbonyl (C=O) groups is 4. The number of hydrogen-bond acceptors (Lipinski definition) is 15. The molecule has 0 aliphatic heterocycles. The lowest BCUT2D eigenvalue weighted by molar-refractivity contribution is -0.161. The summed E-state index contributed by atoms with van der Waals surface area (Å²) in [5.41, 5.74) is 0. The van der Waals surface area contributed by atoms with Crippen LogP contribution in [0.3, 0.4) is 0 Å². The molecular formula is C68H132O17P2. The van der Waals surface area contributed by atoms with E-state index >= 15 is 0 Å². The van der Waals surface area contributed by atoms with Crippen LogP contribution in [-0.4, -0.2) is 96.7 Å². The van der Waals surface area contributed by atoms with Gasteiger partial charge in [-0.15, -0.1) is 0 Å². The van der Waals surface area contributed by atoms with Gasteiger partial charge in [-0.2, -0.15) is 0 Å².